The van der Waals surface area contributed by atoms with Crippen LogP contribution in [0.2, 0.25) is 0 Å². The van der Waals surface area contributed by atoms with Gasteiger partial charge in [0.15, 0.2) is 0 Å². The third-order valence-electron chi connectivity index (χ3n) is 2.08. The minimum atomic E-state index is -0.840. The summed E-state index contributed by atoms with van der Waals surface area (Å²) in [7, 11) is 0. The highest BCUT2D eigenvalue weighted by atomic mass is 16.6. The molecule has 1 aromatic carbocycles. The molecule has 0 saturated heterocycles. The van der Waals surface area contributed by atoms with E-state index in [2.05, 4.69) is 0 Å². The molecule has 0 aliphatic heterocycles. The number of nitro benzene ring substituents is 1. The van der Waals surface area contributed by atoms with E-state index in [0.29, 0.717) is 5.56 Å². The van der Waals surface area contributed by atoms with Gasteiger partial charge in [-0.25, -0.2) is 0 Å². The van der Waals surface area contributed by atoms with E-state index < -0.39 is 16.9 Å². The molecular formula is C10H13N3O4. The summed E-state index contributed by atoms with van der Waals surface area (Å²) >= 11 is 0. The quantitative estimate of drug-likeness (QED) is 0.421. The molecule has 0 aliphatic carbocycles. The number of esters is 1. The Bertz CT molecular complexity index is 405. The Hall–Kier alpha value is -1.99. The first kappa shape index (κ1) is 13.1. The molecule has 0 heterocycles. The predicted molar refractivity (Wildman–Crippen MR) is 59.9 cm³/mol. The molecule has 0 fully saturated rings. The summed E-state index contributed by atoms with van der Waals surface area (Å²) in [5.41, 5.74) is 11.2. The highest BCUT2D eigenvalue weighted by molar-refractivity contribution is 5.75. The maximum atomic E-state index is 11.2. The van der Waals surface area contributed by atoms with Gasteiger partial charge in [-0.3, -0.25) is 14.9 Å². The zero-order valence-corrected chi connectivity index (χ0v) is 9.04. The van der Waals surface area contributed by atoms with Crippen molar-refractivity contribution in [2.45, 2.75) is 12.6 Å². The Morgan fingerprint density at radius 1 is 1.41 bits per heavy atom. The number of hydrogen-bond donors (Lipinski definition) is 2. The van der Waals surface area contributed by atoms with Crippen LogP contribution >= 0.6 is 0 Å². The molecule has 7 heteroatoms. The zero-order chi connectivity index (χ0) is 12.8. The van der Waals surface area contributed by atoms with Gasteiger partial charge in [0.05, 0.1) is 4.92 Å². The maximum Gasteiger partial charge on any atom is 0.324 e. The second-order valence-electron chi connectivity index (χ2n) is 3.37. The molecule has 1 unspecified atom stereocenters. The lowest BCUT2D eigenvalue weighted by Gasteiger charge is -2.08. The van der Waals surface area contributed by atoms with Gasteiger partial charge >= 0.3 is 5.97 Å². The second kappa shape index (κ2) is 5.92. The lowest BCUT2D eigenvalue weighted by Crippen LogP contribution is -2.38. The van der Waals surface area contributed by atoms with Crippen LogP contribution in [-0.4, -0.2) is 23.5 Å². The Balaban J connectivity index is 2.53. The number of nitrogens with zero attached hydrogens (tertiary/aromatic N) is 1. The van der Waals surface area contributed by atoms with Crippen molar-refractivity contribution in [3.8, 4) is 0 Å². The molecule has 0 aliphatic rings. The number of hydrogen-bond acceptors (Lipinski definition) is 6. The molecule has 1 aromatic rings. The van der Waals surface area contributed by atoms with E-state index in [4.69, 9.17) is 16.2 Å². The average molecular weight is 239 g/mol. The number of benzene rings is 1. The summed E-state index contributed by atoms with van der Waals surface area (Å²) < 4.78 is 4.87. The summed E-state index contributed by atoms with van der Waals surface area (Å²) in [6.07, 6.45) is 0. The lowest BCUT2D eigenvalue weighted by atomic mass is 10.2. The number of non-ortho nitro benzene ring substituents is 1. The number of rotatable bonds is 5. The highest BCUT2D eigenvalue weighted by Crippen LogP contribution is 2.12. The van der Waals surface area contributed by atoms with Crippen LogP contribution in [0.1, 0.15) is 5.56 Å². The number of nitrogens with two attached hydrogens (primary N) is 2. The van der Waals surface area contributed by atoms with Crippen LogP contribution in [0.25, 0.3) is 0 Å². The number of ether oxygens (including phenoxy) is 1. The van der Waals surface area contributed by atoms with E-state index in [9.17, 15) is 14.9 Å². The Morgan fingerprint density at radius 3 is 2.47 bits per heavy atom. The van der Waals surface area contributed by atoms with Gasteiger partial charge in [0.1, 0.15) is 12.6 Å². The predicted octanol–water partition coefficient (Wildman–Crippen LogP) is -0.0760. The van der Waals surface area contributed by atoms with Crippen molar-refractivity contribution in [3.05, 3.63) is 39.9 Å². The van der Waals surface area contributed by atoms with E-state index in [1.54, 1.807) is 0 Å². The van der Waals surface area contributed by atoms with Gasteiger partial charge in [0.25, 0.3) is 5.69 Å². The molecule has 1 atom stereocenters. The Morgan fingerprint density at radius 2 is 2.00 bits per heavy atom. The lowest BCUT2D eigenvalue weighted by molar-refractivity contribution is -0.384. The minimum Gasteiger partial charge on any atom is -0.460 e. The number of carbonyl (C=O) groups excluding carboxylic acids is 1. The molecule has 0 spiro atoms. The molecule has 4 N–H and O–H groups in total. The van der Waals surface area contributed by atoms with E-state index in [1.165, 1.54) is 24.3 Å². The fraction of sp³-hybridized carbons (Fsp3) is 0.300. The smallest absolute Gasteiger partial charge is 0.324 e. The van der Waals surface area contributed by atoms with Crippen molar-refractivity contribution in [2.24, 2.45) is 11.5 Å². The first-order chi connectivity index (χ1) is 8.04. The first-order valence-electron chi connectivity index (χ1n) is 4.90. The van der Waals surface area contributed by atoms with Gasteiger partial charge in [-0.1, -0.05) is 0 Å². The van der Waals surface area contributed by atoms with Crippen LogP contribution in [-0.2, 0) is 16.1 Å². The van der Waals surface area contributed by atoms with Crippen LogP contribution < -0.4 is 11.5 Å². The van der Waals surface area contributed by atoms with Crippen LogP contribution in [0.3, 0.4) is 0 Å². The van der Waals surface area contributed by atoms with Gasteiger partial charge in [0.2, 0.25) is 0 Å². The maximum absolute atomic E-state index is 11.2. The second-order valence-corrected chi connectivity index (χ2v) is 3.37. The third kappa shape index (κ3) is 3.82. The average Bonchev–Trinajstić information content (AvgIpc) is 2.35. The molecule has 0 radical (unpaired) electrons. The fourth-order valence-electron chi connectivity index (χ4n) is 1.07. The largest absolute Gasteiger partial charge is 0.460 e. The molecule has 92 valence electrons. The van der Waals surface area contributed by atoms with E-state index in [1.807, 2.05) is 0 Å². The third-order valence-corrected chi connectivity index (χ3v) is 2.08. The van der Waals surface area contributed by atoms with Crippen LogP contribution in [0, 0.1) is 10.1 Å². The van der Waals surface area contributed by atoms with Crippen molar-refractivity contribution in [2.75, 3.05) is 6.54 Å². The topological polar surface area (TPSA) is 121 Å². The van der Waals surface area contributed by atoms with Crippen LogP contribution in [0.4, 0.5) is 5.69 Å². The number of carbonyl (C=O) groups is 1. The van der Waals surface area contributed by atoms with Gasteiger partial charge in [0, 0.05) is 18.7 Å². The fourth-order valence-corrected chi connectivity index (χ4v) is 1.07. The van der Waals surface area contributed by atoms with Gasteiger partial charge in [-0.05, 0) is 17.7 Å². The minimum absolute atomic E-state index is 0.0130. The summed E-state index contributed by atoms with van der Waals surface area (Å²) in [4.78, 5) is 21.1. The molecule has 0 bridgehead atoms. The molecular weight excluding hydrogens is 226 g/mol. The van der Waals surface area contributed by atoms with E-state index in [-0.39, 0.29) is 18.8 Å². The summed E-state index contributed by atoms with van der Waals surface area (Å²) in [5, 5.41) is 10.4. The Labute approximate surface area is 97.5 Å². The van der Waals surface area contributed by atoms with Crippen LogP contribution in [0.15, 0.2) is 24.3 Å². The van der Waals surface area contributed by atoms with Crippen molar-refractivity contribution in [1.82, 2.24) is 0 Å². The van der Waals surface area contributed by atoms with Crippen molar-refractivity contribution in [3.63, 3.8) is 0 Å². The first-order valence-corrected chi connectivity index (χ1v) is 4.90. The summed E-state index contributed by atoms with van der Waals surface area (Å²) in [5.74, 6) is -0.592. The van der Waals surface area contributed by atoms with Crippen LogP contribution in [0.5, 0.6) is 0 Å². The van der Waals surface area contributed by atoms with Gasteiger partial charge < -0.3 is 16.2 Å². The van der Waals surface area contributed by atoms with E-state index in [0.717, 1.165) is 0 Å². The Kier molecular flexibility index (Phi) is 4.56. The molecule has 0 amide bonds. The molecule has 0 aromatic heterocycles. The normalized spacial score (nSPS) is 11.9. The molecule has 1 rings (SSSR count). The summed E-state index contributed by atoms with van der Waals surface area (Å²) in [6, 6.07) is 4.87. The SMILES string of the molecule is NCC(N)C(=O)OCc1ccc([N+](=O)[O-])cc1. The zero-order valence-electron chi connectivity index (χ0n) is 9.04. The van der Waals surface area contributed by atoms with Crippen molar-refractivity contribution < 1.29 is 14.5 Å². The monoisotopic (exact) mass is 239 g/mol. The summed E-state index contributed by atoms with van der Waals surface area (Å²) in [6.45, 7) is 0.0314. The molecule has 7 nitrogen and oxygen atoms in total. The van der Waals surface area contributed by atoms with Crippen molar-refractivity contribution >= 4 is 11.7 Å². The molecule has 17 heavy (non-hydrogen) atoms. The standard InChI is InChI=1S/C10H13N3O4/c11-5-9(12)10(14)17-6-7-1-3-8(4-2-7)13(15)16/h1-4,9H,5-6,11-12H2. The van der Waals surface area contributed by atoms with Gasteiger partial charge in [-0.15, -0.1) is 0 Å². The van der Waals surface area contributed by atoms with E-state index >= 15 is 0 Å². The van der Waals surface area contributed by atoms with Gasteiger partial charge in [-0.2, -0.15) is 0 Å². The number of nitro groups is 1. The van der Waals surface area contributed by atoms with Crippen molar-refractivity contribution in [1.29, 1.82) is 0 Å². The molecule has 0 saturated carbocycles. The highest BCUT2D eigenvalue weighted by Gasteiger charge is 2.13.